The number of hydrogen-bond acceptors (Lipinski definition) is 6. The van der Waals surface area contributed by atoms with Crippen molar-refractivity contribution >= 4 is 11.6 Å². The Kier molecular flexibility index (Phi) is 7.91. The van der Waals surface area contributed by atoms with E-state index in [4.69, 9.17) is 9.84 Å². The molecule has 1 rings (SSSR count). The third kappa shape index (κ3) is 5.30. The SMILES string of the molecule is CCNc1cc(N(CC)CCCO)nc(COCC)n1. The molecule has 6 nitrogen and oxygen atoms in total. The van der Waals surface area contributed by atoms with Gasteiger partial charge >= 0.3 is 0 Å². The number of aliphatic hydroxyl groups is 1. The van der Waals surface area contributed by atoms with E-state index < -0.39 is 0 Å². The van der Waals surface area contributed by atoms with E-state index in [0.717, 1.165) is 37.7 Å². The number of ether oxygens (including phenoxy) is 1. The monoisotopic (exact) mass is 282 g/mol. The van der Waals surface area contributed by atoms with Crippen LogP contribution in [0.2, 0.25) is 0 Å². The fraction of sp³-hybridized carbons (Fsp3) is 0.714. The zero-order valence-corrected chi connectivity index (χ0v) is 12.7. The summed E-state index contributed by atoms with van der Waals surface area (Å²) in [5, 5.41) is 12.2. The molecule has 0 atom stereocenters. The van der Waals surface area contributed by atoms with Crippen LogP contribution < -0.4 is 10.2 Å². The average Bonchev–Trinajstić information content (AvgIpc) is 2.46. The van der Waals surface area contributed by atoms with Crippen LogP contribution in [0.25, 0.3) is 0 Å². The summed E-state index contributed by atoms with van der Waals surface area (Å²) in [7, 11) is 0. The zero-order chi connectivity index (χ0) is 14.8. The van der Waals surface area contributed by atoms with E-state index in [0.29, 0.717) is 19.0 Å². The predicted molar refractivity (Wildman–Crippen MR) is 81.1 cm³/mol. The van der Waals surface area contributed by atoms with Crippen molar-refractivity contribution in [2.45, 2.75) is 33.8 Å². The molecule has 0 radical (unpaired) electrons. The summed E-state index contributed by atoms with van der Waals surface area (Å²) in [5.41, 5.74) is 0. The van der Waals surface area contributed by atoms with Gasteiger partial charge in [-0.05, 0) is 27.2 Å². The van der Waals surface area contributed by atoms with Gasteiger partial charge in [0, 0.05) is 38.9 Å². The van der Waals surface area contributed by atoms with Crippen molar-refractivity contribution in [1.29, 1.82) is 0 Å². The molecule has 114 valence electrons. The fourth-order valence-corrected chi connectivity index (χ4v) is 1.87. The highest BCUT2D eigenvalue weighted by Crippen LogP contribution is 2.16. The van der Waals surface area contributed by atoms with Gasteiger partial charge in [-0.2, -0.15) is 0 Å². The van der Waals surface area contributed by atoms with E-state index >= 15 is 0 Å². The van der Waals surface area contributed by atoms with Gasteiger partial charge in [0.25, 0.3) is 0 Å². The molecule has 0 saturated carbocycles. The standard InChI is InChI=1S/C14H26N4O2/c1-4-15-12-10-14(18(5-2)8-7-9-19)17-13(16-12)11-20-6-3/h10,19H,4-9,11H2,1-3H3,(H,15,16,17). The third-order valence-corrected chi connectivity index (χ3v) is 2.84. The minimum atomic E-state index is 0.188. The summed E-state index contributed by atoms with van der Waals surface area (Å²) in [6, 6.07) is 1.94. The predicted octanol–water partition coefficient (Wildman–Crippen LogP) is 1.65. The van der Waals surface area contributed by atoms with Crippen LogP contribution in [0.15, 0.2) is 6.07 Å². The van der Waals surface area contributed by atoms with Gasteiger partial charge in [-0.15, -0.1) is 0 Å². The smallest absolute Gasteiger partial charge is 0.158 e. The summed E-state index contributed by atoms with van der Waals surface area (Å²) >= 11 is 0. The lowest BCUT2D eigenvalue weighted by Gasteiger charge is -2.22. The van der Waals surface area contributed by atoms with E-state index in [9.17, 15) is 0 Å². The van der Waals surface area contributed by atoms with Gasteiger partial charge in [-0.1, -0.05) is 0 Å². The van der Waals surface area contributed by atoms with Crippen LogP contribution in [0.3, 0.4) is 0 Å². The molecule has 1 aromatic heterocycles. The van der Waals surface area contributed by atoms with Crippen molar-refractivity contribution in [2.75, 3.05) is 43.1 Å². The Hall–Kier alpha value is -1.40. The Bertz CT molecular complexity index is 387. The third-order valence-electron chi connectivity index (χ3n) is 2.84. The molecule has 1 aromatic rings. The Labute approximate surface area is 121 Å². The molecule has 0 saturated heterocycles. The van der Waals surface area contributed by atoms with Crippen molar-refractivity contribution < 1.29 is 9.84 Å². The van der Waals surface area contributed by atoms with Gasteiger partial charge in [0.15, 0.2) is 5.82 Å². The van der Waals surface area contributed by atoms with Crippen LogP contribution in [0.1, 0.15) is 33.0 Å². The Morgan fingerprint density at radius 1 is 1.30 bits per heavy atom. The average molecular weight is 282 g/mol. The van der Waals surface area contributed by atoms with Gasteiger partial charge < -0.3 is 20.1 Å². The highest BCUT2D eigenvalue weighted by molar-refractivity contribution is 5.49. The molecule has 20 heavy (non-hydrogen) atoms. The summed E-state index contributed by atoms with van der Waals surface area (Å²) < 4.78 is 5.39. The lowest BCUT2D eigenvalue weighted by molar-refractivity contribution is 0.128. The van der Waals surface area contributed by atoms with Crippen molar-refractivity contribution in [3.63, 3.8) is 0 Å². The molecule has 1 heterocycles. The highest BCUT2D eigenvalue weighted by Gasteiger charge is 2.10. The van der Waals surface area contributed by atoms with Gasteiger partial charge in [0.2, 0.25) is 0 Å². The molecule has 0 aromatic carbocycles. The molecule has 0 unspecified atom stereocenters. The van der Waals surface area contributed by atoms with Crippen molar-refractivity contribution in [3.8, 4) is 0 Å². The fourth-order valence-electron chi connectivity index (χ4n) is 1.87. The molecule has 0 fully saturated rings. The first kappa shape index (κ1) is 16.7. The van der Waals surface area contributed by atoms with E-state index in [1.165, 1.54) is 0 Å². The highest BCUT2D eigenvalue weighted by atomic mass is 16.5. The maximum Gasteiger partial charge on any atom is 0.158 e. The van der Waals surface area contributed by atoms with E-state index in [-0.39, 0.29) is 6.61 Å². The van der Waals surface area contributed by atoms with Gasteiger partial charge in [0.1, 0.15) is 18.2 Å². The normalized spacial score (nSPS) is 10.6. The van der Waals surface area contributed by atoms with Gasteiger partial charge in [0.05, 0.1) is 0 Å². The summed E-state index contributed by atoms with van der Waals surface area (Å²) in [4.78, 5) is 11.1. The second kappa shape index (κ2) is 9.50. The molecule has 0 amide bonds. The molecule has 0 aliphatic carbocycles. The van der Waals surface area contributed by atoms with Crippen LogP contribution in [0.4, 0.5) is 11.6 Å². The van der Waals surface area contributed by atoms with Crippen molar-refractivity contribution in [2.24, 2.45) is 0 Å². The number of rotatable bonds is 10. The minimum Gasteiger partial charge on any atom is -0.396 e. The number of anilines is 2. The second-order valence-electron chi connectivity index (χ2n) is 4.35. The quantitative estimate of drug-likeness (QED) is 0.680. The molecule has 0 spiro atoms. The topological polar surface area (TPSA) is 70.5 Å². The molecule has 6 heteroatoms. The maximum atomic E-state index is 8.98. The molecule has 2 N–H and O–H groups in total. The van der Waals surface area contributed by atoms with Crippen molar-refractivity contribution in [3.05, 3.63) is 11.9 Å². The van der Waals surface area contributed by atoms with Crippen molar-refractivity contribution in [1.82, 2.24) is 9.97 Å². The summed E-state index contributed by atoms with van der Waals surface area (Å²) in [6.45, 7) is 9.75. The maximum absolute atomic E-state index is 8.98. The van der Waals surface area contributed by atoms with E-state index in [2.05, 4.69) is 27.1 Å². The first-order valence-corrected chi connectivity index (χ1v) is 7.30. The Morgan fingerprint density at radius 3 is 2.70 bits per heavy atom. The van der Waals surface area contributed by atoms with Crippen LogP contribution in [0, 0.1) is 0 Å². The molecule has 0 aliphatic heterocycles. The van der Waals surface area contributed by atoms with Crippen LogP contribution in [0.5, 0.6) is 0 Å². The lowest BCUT2D eigenvalue weighted by Crippen LogP contribution is -2.26. The molecular weight excluding hydrogens is 256 g/mol. The van der Waals surface area contributed by atoms with Crippen LogP contribution in [-0.2, 0) is 11.3 Å². The summed E-state index contributed by atoms with van der Waals surface area (Å²) in [5.74, 6) is 2.37. The minimum absolute atomic E-state index is 0.188. The number of aliphatic hydroxyl groups excluding tert-OH is 1. The van der Waals surface area contributed by atoms with Crippen LogP contribution in [-0.4, -0.2) is 47.9 Å². The number of hydrogen-bond donors (Lipinski definition) is 2. The number of nitrogens with zero attached hydrogens (tertiary/aromatic N) is 3. The molecule has 0 bridgehead atoms. The Balaban J connectivity index is 2.92. The molecular formula is C14H26N4O2. The summed E-state index contributed by atoms with van der Waals surface area (Å²) in [6.07, 6.45) is 0.731. The molecule has 0 aliphatic rings. The van der Waals surface area contributed by atoms with E-state index in [1.807, 2.05) is 19.9 Å². The lowest BCUT2D eigenvalue weighted by atomic mass is 10.3. The van der Waals surface area contributed by atoms with Gasteiger partial charge in [-0.25, -0.2) is 9.97 Å². The zero-order valence-electron chi connectivity index (χ0n) is 12.7. The van der Waals surface area contributed by atoms with Gasteiger partial charge in [-0.3, -0.25) is 0 Å². The first-order valence-electron chi connectivity index (χ1n) is 7.30. The van der Waals surface area contributed by atoms with E-state index in [1.54, 1.807) is 0 Å². The van der Waals surface area contributed by atoms with Crippen LogP contribution >= 0.6 is 0 Å². The first-order chi connectivity index (χ1) is 9.74. The Morgan fingerprint density at radius 2 is 2.10 bits per heavy atom. The number of nitrogens with one attached hydrogen (secondary N) is 1. The number of aromatic nitrogens is 2. The second-order valence-corrected chi connectivity index (χ2v) is 4.35. The largest absolute Gasteiger partial charge is 0.396 e.